The maximum Gasteiger partial charge on any atom is 0.417 e. The van der Waals surface area contributed by atoms with Crippen LogP contribution >= 0.6 is 11.6 Å². The predicted molar refractivity (Wildman–Crippen MR) is 84.9 cm³/mol. The minimum absolute atomic E-state index is 0.00308. The van der Waals surface area contributed by atoms with Crippen molar-refractivity contribution >= 4 is 29.3 Å². The van der Waals surface area contributed by atoms with Crippen LogP contribution in [0.15, 0.2) is 30.6 Å². The van der Waals surface area contributed by atoms with Crippen molar-refractivity contribution in [3.63, 3.8) is 0 Å². The highest BCUT2D eigenvalue weighted by Gasteiger charge is 2.33. The highest BCUT2D eigenvalue weighted by molar-refractivity contribution is 6.31. The molecule has 0 saturated carbocycles. The standard InChI is InChI=1S/C15H13ClF3N3O3/c1-2-25-13(23)9-6-22(7-12(9)21-14(20)24)8-3-4-10(11(16)5-8)15(17,18)19/h3-7H,2H2,1H3,(H3,20,21,24). The van der Waals surface area contributed by atoms with Crippen LogP contribution in [-0.4, -0.2) is 23.2 Å². The van der Waals surface area contributed by atoms with Gasteiger partial charge in [0.25, 0.3) is 0 Å². The van der Waals surface area contributed by atoms with Gasteiger partial charge in [-0.25, -0.2) is 9.59 Å². The number of esters is 1. The van der Waals surface area contributed by atoms with Crippen molar-refractivity contribution in [1.29, 1.82) is 0 Å². The van der Waals surface area contributed by atoms with Crippen LogP contribution in [0.4, 0.5) is 23.7 Å². The summed E-state index contributed by atoms with van der Waals surface area (Å²) in [6.07, 6.45) is -1.97. The van der Waals surface area contributed by atoms with Crippen molar-refractivity contribution in [3.8, 4) is 5.69 Å². The number of anilines is 1. The number of ether oxygens (including phenoxy) is 1. The van der Waals surface area contributed by atoms with E-state index in [1.165, 1.54) is 23.0 Å². The van der Waals surface area contributed by atoms with Crippen molar-refractivity contribution in [1.82, 2.24) is 4.57 Å². The molecule has 0 saturated heterocycles. The Morgan fingerprint density at radius 3 is 2.52 bits per heavy atom. The van der Waals surface area contributed by atoms with Crippen LogP contribution in [0.5, 0.6) is 0 Å². The second-order valence-corrected chi connectivity index (χ2v) is 5.27. The lowest BCUT2D eigenvalue weighted by Gasteiger charge is -2.10. The molecule has 0 unspecified atom stereocenters. The summed E-state index contributed by atoms with van der Waals surface area (Å²) in [6, 6.07) is 2.18. The first-order chi connectivity index (χ1) is 11.6. The topological polar surface area (TPSA) is 86.3 Å². The molecule has 1 heterocycles. The summed E-state index contributed by atoms with van der Waals surface area (Å²) >= 11 is 5.69. The summed E-state index contributed by atoms with van der Waals surface area (Å²) < 4.78 is 44.5. The van der Waals surface area contributed by atoms with Gasteiger partial charge in [0.2, 0.25) is 0 Å². The molecule has 2 rings (SSSR count). The third-order valence-corrected chi connectivity index (χ3v) is 3.45. The van der Waals surface area contributed by atoms with E-state index in [-0.39, 0.29) is 23.5 Å². The van der Waals surface area contributed by atoms with Crippen molar-refractivity contribution in [2.45, 2.75) is 13.1 Å². The molecular weight excluding hydrogens is 363 g/mol. The Kier molecular flexibility index (Phi) is 5.27. The van der Waals surface area contributed by atoms with E-state index in [2.05, 4.69) is 5.32 Å². The number of halogens is 4. The van der Waals surface area contributed by atoms with Gasteiger partial charge in [-0.2, -0.15) is 13.2 Å². The number of alkyl halides is 3. The maximum absolute atomic E-state index is 12.8. The van der Waals surface area contributed by atoms with E-state index in [4.69, 9.17) is 22.1 Å². The fraction of sp³-hybridized carbons (Fsp3) is 0.200. The van der Waals surface area contributed by atoms with Crippen molar-refractivity contribution in [3.05, 3.63) is 46.7 Å². The Bertz CT molecular complexity index is 818. The Labute approximate surface area is 145 Å². The van der Waals surface area contributed by atoms with Gasteiger partial charge >= 0.3 is 18.2 Å². The summed E-state index contributed by atoms with van der Waals surface area (Å²) in [4.78, 5) is 23.0. The number of hydrogen-bond acceptors (Lipinski definition) is 3. The molecule has 2 aromatic rings. The number of aromatic nitrogens is 1. The van der Waals surface area contributed by atoms with Gasteiger partial charge in [0.1, 0.15) is 5.56 Å². The number of hydrogen-bond donors (Lipinski definition) is 2. The molecule has 2 amide bonds. The van der Waals surface area contributed by atoms with Crippen LogP contribution in [0.25, 0.3) is 5.69 Å². The van der Waals surface area contributed by atoms with Crippen LogP contribution < -0.4 is 11.1 Å². The maximum atomic E-state index is 12.8. The number of nitrogens with zero attached hydrogens (tertiary/aromatic N) is 1. The minimum atomic E-state index is -4.58. The molecule has 134 valence electrons. The van der Waals surface area contributed by atoms with Gasteiger partial charge in [-0.05, 0) is 25.1 Å². The number of rotatable bonds is 4. The first-order valence-electron chi connectivity index (χ1n) is 6.96. The molecule has 0 atom stereocenters. The third kappa shape index (κ3) is 4.24. The van der Waals surface area contributed by atoms with E-state index in [1.54, 1.807) is 6.92 Å². The van der Waals surface area contributed by atoms with Crippen LogP contribution in [0.2, 0.25) is 5.02 Å². The fourth-order valence-corrected chi connectivity index (χ4v) is 2.38. The van der Waals surface area contributed by atoms with Gasteiger partial charge in [-0.3, -0.25) is 0 Å². The van der Waals surface area contributed by atoms with E-state index in [0.717, 1.165) is 12.1 Å². The summed E-state index contributed by atoms with van der Waals surface area (Å²) in [5.74, 6) is -0.719. The number of primary amides is 1. The number of nitrogens with two attached hydrogens (primary N) is 1. The molecule has 1 aromatic carbocycles. The largest absolute Gasteiger partial charge is 0.462 e. The number of amides is 2. The number of nitrogens with one attached hydrogen (secondary N) is 1. The lowest BCUT2D eigenvalue weighted by atomic mass is 10.2. The minimum Gasteiger partial charge on any atom is -0.462 e. The molecule has 10 heteroatoms. The lowest BCUT2D eigenvalue weighted by Crippen LogP contribution is -2.20. The molecule has 0 aliphatic heterocycles. The van der Waals surface area contributed by atoms with Gasteiger partial charge in [-0.1, -0.05) is 11.6 Å². The van der Waals surface area contributed by atoms with Crippen molar-refractivity contribution in [2.24, 2.45) is 5.73 Å². The van der Waals surface area contributed by atoms with E-state index in [1.807, 2.05) is 0 Å². The van der Waals surface area contributed by atoms with Gasteiger partial charge in [0.05, 0.1) is 22.9 Å². The third-order valence-electron chi connectivity index (χ3n) is 3.14. The number of urea groups is 1. The Morgan fingerprint density at radius 2 is 2.00 bits per heavy atom. The molecular formula is C15H13ClF3N3O3. The fourth-order valence-electron chi connectivity index (χ4n) is 2.10. The molecule has 6 nitrogen and oxygen atoms in total. The van der Waals surface area contributed by atoms with Crippen molar-refractivity contribution in [2.75, 3.05) is 11.9 Å². The van der Waals surface area contributed by atoms with Crippen LogP contribution in [0.1, 0.15) is 22.8 Å². The monoisotopic (exact) mass is 375 g/mol. The average molecular weight is 376 g/mol. The lowest BCUT2D eigenvalue weighted by molar-refractivity contribution is -0.137. The highest BCUT2D eigenvalue weighted by atomic mass is 35.5. The zero-order chi connectivity index (χ0) is 18.8. The summed E-state index contributed by atoms with van der Waals surface area (Å²) in [6.45, 7) is 1.71. The van der Waals surface area contributed by atoms with Gasteiger partial charge in [0.15, 0.2) is 0 Å². The SMILES string of the molecule is CCOC(=O)c1cn(-c2ccc(C(F)(F)F)c(Cl)c2)cc1NC(N)=O. The zero-order valence-corrected chi connectivity index (χ0v) is 13.6. The van der Waals surface area contributed by atoms with Gasteiger partial charge in [0, 0.05) is 18.1 Å². The Morgan fingerprint density at radius 1 is 1.32 bits per heavy atom. The first kappa shape index (κ1) is 18.7. The van der Waals surface area contributed by atoms with Gasteiger partial charge in [-0.15, -0.1) is 0 Å². The van der Waals surface area contributed by atoms with Crippen LogP contribution in [-0.2, 0) is 10.9 Å². The molecule has 3 N–H and O–H groups in total. The average Bonchev–Trinajstić information content (AvgIpc) is 2.89. The second kappa shape index (κ2) is 7.06. The van der Waals surface area contributed by atoms with Crippen LogP contribution in [0, 0.1) is 0 Å². The zero-order valence-electron chi connectivity index (χ0n) is 12.9. The molecule has 1 aromatic heterocycles. The summed E-state index contributed by atoms with van der Waals surface area (Å²) in [7, 11) is 0. The molecule has 0 fully saturated rings. The van der Waals surface area contributed by atoms with E-state index >= 15 is 0 Å². The second-order valence-electron chi connectivity index (χ2n) is 4.86. The molecule has 0 aliphatic rings. The van der Waals surface area contributed by atoms with Crippen molar-refractivity contribution < 1.29 is 27.5 Å². The molecule has 25 heavy (non-hydrogen) atoms. The summed E-state index contributed by atoms with van der Waals surface area (Å²) in [5, 5.41) is 1.76. The predicted octanol–water partition coefficient (Wildman–Crippen LogP) is 3.82. The first-order valence-corrected chi connectivity index (χ1v) is 7.34. The molecule has 0 spiro atoms. The highest BCUT2D eigenvalue weighted by Crippen LogP contribution is 2.36. The molecule has 0 radical (unpaired) electrons. The normalized spacial score (nSPS) is 11.2. The van der Waals surface area contributed by atoms with Crippen LogP contribution in [0.3, 0.4) is 0 Å². The van der Waals surface area contributed by atoms with E-state index in [0.29, 0.717) is 0 Å². The number of carbonyl (C=O) groups is 2. The smallest absolute Gasteiger partial charge is 0.417 e. The van der Waals surface area contributed by atoms with E-state index < -0.39 is 28.8 Å². The van der Waals surface area contributed by atoms with E-state index in [9.17, 15) is 22.8 Å². The molecule has 0 aliphatic carbocycles. The number of carbonyl (C=O) groups excluding carboxylic acids is 2. The van der Waals surface area contributed by atoms with Gasteiger partial charge < -0.3 is 20.4 Å². The Hall–Kier alpha value is -2.68. The Balaban J connectivity index is 2.47. The quantitative estimate of drug-likeness (QED) is 0.796. The summed E-state index contributed by atoms with van der Waals surface area (Å²) in [5.41, 5.74) is 4.37. The molecule has 0 bridgehead atoms. The number of benzene rings is 1.